The summed E-state index contributed by atoms with van der Waals surface area (Å²) in [7, 11) is 0. The molecule has 10 aromatic rings. The van der Waals surface area contributed by atoms with Crippen LogP contribution in [0.5, 0.6) is 0 Å². The van der Waals surface area contributed by atoms with Gasteiger partial charge in [0.15, 0.2) is 17.5 Å². The first kappa shape index (κ1) is 29.0. The lowest BCUT2D eigenvalue weighted by molar-refractivity contribution is 0.673. The summed E-state index contributed by atoms with van der Waals surface area (Å²) in [4.78, 5) is 20.1. The van der Waals surface area contributed by atoms with E-state index in [1.165, 1.54) is 5.56 Å². The van der Waals surface area contributed by atoms with Crippen LogP contribution in [-0.2, 0) is 0 Å². The topological polar surface area (TPSA) is 64.7 Å². The SMILES string of the molecule is c1ccc(-c2ccc(-c3nc(-c4ccccc4)nc(-c4ccc5oc6c(ccc7c(-c8ccccc8)nc8ccccc8c76)c5c4)n3)cc2)cc1. The number of fused-ring (bicyclic) bond motifs is 7. The molecule has 5 nitrogen and oxygen atoms in total. The molecule has 3 aromatic heterocycles. The predicted octanol–water partition coefficient (Wildman–Crippen LogP) is 11.8. The number of furan rings is 1. The minimum Gasteiger partial charge on any atom is -0.455 e. The van der Waals surface area contributed by atoms with Crippen molar-refractivity contribution in [3.63, 3.8) is 0 Å². The molecule has 7 aromatic carbocycles. The molecule has 0 spiro atoms. The fourth-order valence-electron chi connectivity index (χ4n) is 7.02. The predicted molar refractivity (Wildman–Crippen MR) is 207 cm³/mol. The van der Waals surface area contributed by atoms with Gasteiger partial charge in [-0.25, -0.2) is 19.9 Å². The van der Waals surface area contributed by atoms with Gasteiger partial charge in [-0.3, -0.25) is 0 Å². The van der Waals surface area contributed by atoms with Gasteiger partial charge in [-0.05, 0) is 41.5 Å². The summed E-state index contributed by atoms with van der Waals surface area (Å²) in [5, 5.41) is 5.21. The van der Waals surface area contributed by atoms with Crippen molar-refractivity contribution in [2.45, 2.75) is 0 Å². The fourth-order valence-corrected chi connectivity index (χ4v) is 7.02. The molecule has 0 atom stereocenters. The third-order valence-corrected chi connectivity index (χ3v) is 9.52. The number of hydrogen-bond acceptors (Lipinski definition) is 5. The van der Waals surface area contributed by atoms with Crippen LogP contribution in [0.2, 0.25) is 0 Å². The van der Waals surface area contributed by atoms with Gasteiger partial charge in [0.2, 0.25) is 0 Å². The van der Waals surface area contributed by atoms with E-state index >= 15 is 0 Å². The van der Waals surface area contributed by atoms with Crippen molar-refractivity contribution < 1.29 is 4.42 Å². The van der Waals surface area contributed by atoms with Crippen molar-refractivity contribution in [2.24, 2.45) is 0 Å². The largest absolute Gasteiger partial charge is 0.455 e. The monoisotopic (exact) mass is 652 g/mol. The third kappa shape index (κ3) is 5.03. The molecular formula is C46H28N4O. The van der Waals surface area contributed by atoms with E-state index in [-0.39, 0.29) is 0 Å². The van der Waals surface area contributed by atoms with Crippen molar-refractivity contribution in [1.29, 1.82) is 0 Å². The minimum atomic E-state index is 0.601. The molecule has 5 heteroatoms. The molecule has 10 rings (SSSR count). The lowest BCUT2D eigenvalue weighted by Gasteiger charge is -2.10. The first-order valence-electron chi connectivity index (χ1n) is 17.0. The number of benzene rings is 7. The maximum absolute atomic E-state index is 6.71. The molecule has 0 N–H and O–H groups in total. The molecule has 0 fully saturated rings. The molecule has 0 saturated carbocycles. The molecular weight excluding hydrogens is 625 g/mol. The molecule has 51 heavy (non-hydrogen) atoms. The van der Waals surface area contributed by atoms with Crippen molar-refractivity contribution in [3.8, 4) is 56.5 Å². The molecule has 0 amide bonds. The molecule has 0 aliphatic rings. The lowest BCUT2D eigenvalue weighted by Crippen LogP contribution is -2.00. The Balaban J connectivity index is 1.15. The van der Waals surface area contributed by atoms with Gasteiger partial charge in [0.05, 0.1) is 11.2 Å². The quantitative estimate of drug-likeness (QED) is 0.173. The van der Waals surface area contributed by atoms with Crippen LogP contribution in [-0.4, -0.2) is 19.9 Å². The summed E-state index contributed by atoms with van der Waals surface area (Å²) < 4.78 is 6.71. The highest BCUT2D eigenvalue weighted by Gasteiger charge is 2.19. The number of pyridine rings is 1. The van der Waals surface area contributed by atoms with Crippen LogP contribution in [0.3, 0.4) is 0 Å². The summed E-state index contributed by atoms with van der Waals surface area (Å²) in [6.45, 7) is 0. The maximum Gasteiger partial charge on any atom is 0.164 e. The Morgan fingerprint density at radius 1 is 0.333 bits per heavy atom. The van der Waals surface area contributed by atoms with Crippen molar-refractivity contribution in [3.05, 3.63) is 170 Å². The first-order chi connectivity index (χ1) is 25.3. The van der Waals surface area contributed by atoms with Gasteiger partial charge in [0.25, 0.3) is 0 Å². The Morgan fingerprint density at radius 2 is 0.843 bits per heavy atom. The summed E-state index contributed by atoms with van der Waals surface area (Å²) in [5.74, 6) is 1.84. The smallest absolute Gasteiger partial charge is 0.164 e. The van der Waals surface area contributed by atoms with Gasteiger partial charge >= 0.3 is 0 Å². The molecule has 0 aliphatic heterocycles. The number of hydrogen-bond donors (Lipinski definition) is 0. The van der Waals surface area contributed by atoms with E-state index in [1.54, 1.807) is 0 Å². The van der Waals surface area contributed by atoms with E-state index in [4.69, 9.17) is 24.4 Å². The Morgan fingerprint density at radius 3 is 1.55 bits per heavy atom. The first-order valence-corrected chi connectivity index (χ1v) is 17.0. The second-order valence-corrected chi connectivity index (χ2v) is 12.6. The summed E-state index contributed by atoms with van der Waals surface area (Å²) >= 11 is 0. The van der Waals surface area contributed by atoms with Gasteiger partial charge in [-0.1, -0.05) is 140 Å². The molecule has 0 radical (unpaired) electrons. The van der Waals surface area contributed by atoms with E-state index in [0.29, 0.717) is 17.5 Å². The Labute approximate surface area is 293 Å². The van der Waals surface area contributed by atoms with Gasteiger partial charge in [0, 0.05) is 49.2 Å². The van der Waals surface area contributed by atoms with E-state index in [9.17, 15) is 0 Å². The molecule has 0 aliphatic carbocycles. The number of rotatable bonds is 5. The Hall–Kier alpha value is -6.98. The zero-order valence-corrected chi connectivity index (χ0v) is 27.4. The number of nitrogens with zero attached hydrogens (tertiary/aromatic N) is 4. The zero-order chi connectivity index (χ0) is 33.7. The number of aromatic nitrogens is 4. The van der Waals surface area contributed by atoms with Crippen LogP contribution in [0.25, 0.3) is 100 Å². The van der Waals surface area contributed by atoms with Gasteiger partial charge in [-0.2, -0.15) is 0 Å². The van der Waals surface area contributed by atoms with E-state index in [1.807, 2.05) is 60.7 Å². The van der Waals surface area contributed by atoms with Gasteiger partial charge in [-0.15, -0.1) is 0 Å². The third-order valence-electron chi connectivity index (χ3n) is 9.52. The van der Waals surface area contributed by atoms with Crippen LogP contribution in [0.1, 0.15) is 0 Å². The van der Waals surface area contributed by atoms with Crippen molar-refractivity contribution in [1.82, 2.24) is 19.9 Å². The van der Waals surface area contributed by atoms with Crippen LogP contribution in [0.15, 0.2) is 174 Å². The summed E-state index contributed by atoms with van der Waals surface area (Å²) in [5.41, 5.74) is 9.63. The second kappa shape index (κ2) is 11.9. The highest BCUT2D eigenvalue weighted by molar-refractivity contribution is 6.24. The molecule has 3 heterocycles. The van der Waals surface area contributed by atoms with Crippen LogP contribution >= 0.6 is 0 Å². The average Bonchev–Trinajstić information content (AvgIpc) is 3.59. The Kier molecular flexibility index (Phi) is 6.74. The van der Waals surface area contributed by atoms with Crippen molar-refractivity contribution in [2.75, 3.05) is 0 Å². The average molecular weight is 653 g/mol. The Bertz CT molecular complexity index is 2890. The van der Waals surface area contributed by atoms with Gasteiger partial charge < -0.3 is 4.42 Å². The highest BCUT2D eigenvalue weighted by Crippen LogP contribution is 2.41. The summed E-state index contributed by atoms with van der Waals surface area (Å²) in [6, 6.07) is 58.0. The van der Waals surface area contributed by atoms with E-state index in [0.717, 1.165) is 77.1 Å². The van der Waals surface area contributed by atoms with E-state index < -0.39 is 0 Å². The van der Waals surface area contributed by atoms with Crippen LogP contribution in [0.4, 0.5) is 0 Å². The number of para-hydroxylation sites is 1. The lowest BCUT2D eigenvalue weighted by atomic mass is 9.97. The molecule has 0 bridgehead atoms. The second-order valence-electron chi connectivity index (χ2n) is 12.6. The molecule has 0 saturated heterocycles. The van der Waals surface area contributed by atoms with Crippen molar-refractivity contribution >= 4 is 43.6 Å². The maximum atomic E-state index is 6.71. The van der Waals surface area contributed by atoms with E-state index in [2.05, 4.69) is 109 Å². The molecule has 0 unspecified atom stereocenters. The summed E-state index contributed by atoms with van der Waals surface area (Å²) in [6.07, 6.45) is 0. The standard InChI is InChI=1S/C46H28N4O/c1-4-12-29(13-5-1)30-20-22-33(23-21-30)45-48-44(32-16-8-3-9-17-32)49-46(50-45)34-24-27-40-38(28-34)35-25-26-37-41(43(35)51-40)36-18-10-11-19-39(36)47-42(37)31-14-6-2-7-15-31/h1-28H. The zero-order valence-electron chi connectivity index (χ0n) is 27.4. The van der Waals surface area contributed by atoms with Crippen LogP contribution in [0, 0.1) is 0 Å². The normalized spacial score (nSPS) is 11.5. The van der Waals surface area contributed by atoms with Crippen LogP contribution < -0.4 is 0 Å². The minimum absolute atomic E-state index is 0.601. The highest BCUT2D eigenvalue weighted by atomic mass is 16.3. The fraction of sp³-hybridized carbons (Fsp3) is 0. The van der Waals surface area contributed by atoms with Gasteiger partial charge in [0.1, 0.15) is 11.2 Å². The molecule has 238 valence electrons.